The number of aliphatic hydroxyl groups excluding tert-OH is 5. The first kappa shape index (κ1) is 61.4. The maximum atomic E-state index is 13.1. The second-order valence-corrected chi connectivity index (χ2v) is 19.4. The molecule has 1 aliphatic rings. The zero-order valence-corrected chi connectivity index (χ0v) is 42.3. The molecule has 6 N–H and O–H groups in total. The molecule has 9 heteroatoms. The smallest absolute Gasteiger partial charge is 0.220 e. The molecule has 0 saturated carbocycles. The summed E-state index contributed by atoms with van der Waals surface area (Å²) in [6.45, 7) is 3.84. The first-order valence-corrected chi connectivity index (χ1v) is 27.7. The SMILES string of the molecule is CCCCCCC/C=C\C/C=C\C/C=C\CCCCCCCCCCC(=O)NC(COC1OC(CO)C(O)C(O)C1O)C(O)CCCCCCCCCCCCCCCCCCCCC. The van der Waals surface area contributed by atoms with Crippen molar-refractivity contribution >= 4 is 5.91 Å². The van der Waals surface area contributed by atoms with Gasteiger partial charge in [0.25, 0.3) is 0 Å². The fourth-order valence-corrected chi connectivity index (χ4v) is 8.82. The molecule has 7 atom stereocenters. The predicted octanol–water partition coefficient (Wildman–Crippen LogP) is 13.2. The lowest BCUT2D eigenvalue weighted by molar-refractivity contribution is -0.302. The number of hydrogen-bond acceptors (Lipinski definition) is 8. The molecule has 0 aromatic heterocycles. The highest BCUT2D eigenvalue weighted by Gasteiger charge is 2.44. The molecule has 0 aromatic carbocycles. The van der Waals surface area contributed by atoms with Gasteiger partial charge in [-0.1, -0.05) is 237 Å². The molecule has 0 spiro atoms. The van der Waals surface area contributed by atoms with Crippen molar-refractivity contribution < 1.29 is 39.8 Å². The zero-order chi connectivity index (χ0) is 47.3. The van der Waals surface area contributed by atoms with Gasteiger partial charge in [-0.2, -0.15) is 0 Å². The standard InChI is InChI=1S/C56H105NO8/c1-3-5-7-9-11-13-15-17-19-21-23-24-25-26-28-30-32-34-36-38-40-42-44-46-52(60)57-49(48-64-56-55(63)54(62)53(61)51(47-58)65-56)50(59)45-43-41-39-37-35-33-31-29-27-22-20-18-16-14-12-10-8-6-4-2/h15,17,21,23,25-26,49-51,53-56,58-59,61-63H,3-14,16,18-20,22,24,27-48H2,1-2H3,(H,57,60)/b17-15-,23-21-,26-25-. The van der Waals surface area contributed by atoms with Gasteiger partial charge in [0.05, 0.1) is 25.4 Å². The largest absolute Gasteiger partial charge is 0.394 e. The number of amides is 1. The van der Waals surface area contributed by atoms with Crippen molar-refractivity contribution in [3.05, 3.63) is 36.5 Å². The lowest BCUT2D eigenvalue weighted by Crippen LogP contribution is -2.60. The predicted molar refractivity (Wildman–Crippen MR) is 272 cm³/mol. The molecule has 0 aliphatic carbocycles. The van der Waals surface area contributed by atoms with Crippen LogP contribution in [0, 0.1) is 0 Å². The molecule has 1 saturated heterocycles. The van der Waals surface area contributed by atoms with Gasteiger partial charge in [0.1, 0.15) is 24.4 Å². The van der Waals surface area contributed by atoms with Crippen molar-refractivity contribution in [1.82, 2.24) is 5.32 Å². The Bertz CT molecular complexity index is 1110. The maximum absolute atomic E-state index is 13.1. The van der Waals surface area contributed by atoms with Crippen molar-refractivity contribution in [3.8, 4) is 0 Å². The van der Waals surface area contributed by atoms with E-state index in [4.69, 9.17) is 9.47 Å². The molecule has 1 amide bonds. The Balaban J connectivity index is 2.24. The summed E-state index contributed by atoms with van der Waals surface area (Å²) in [4.78, 5) is 13.1. The van der Waals surface area contributed by atoms with Gasteiger partial charge in [0.2, 0.25) is 5.91 Å². The topological polar surface area (TPSA) is 149 Å². The van der Waals surface area contributed by atoms with Crippen molar-refractivity contribution in [2.75, 3.05) is 13.2 Å². The van der Waals surface area contributed by atoms with E-state index in [1.54, 1.807) is 0 Å². The number of unbranched alkanes of at least 4 members (excludes halogenated alkanes) is 31. The quantitative estimate of drug-likeness (QED) is 0.0261. The van der Waals surface area contributed by atoms with E-state index in [0.29, 0.717) is 12.8 Å². The average Bonchev–Trinajstić information content (AvgIpc) is 3.31. The molecule has 1 heterocycles. The van der Waals surface area contributed by atoms with Crippen molar-refractivity contribution in [2.45, 2.75) is 301 Å². The summed E-state index contributed by atoms with van der Waals surface area (Å²) in [7, 11) is 0. The van der Waals surface area contributed by atoms with Crippen LogP contribution in [0.1, 0.15) is 258 Å². The second kappa shape index (κ2) is 46.2. The number of allylic oxidation sites excluding steroid dienone is 6. The number of carbonyl (C=O) groups excluding carboxylic acids is 1. The third-order valence-corrected chi connectivity index (χ3v) is 13.2. The highest BCUT2D eigenvalue weighted by atomic mass is 16.7. The van der Waals surface area contributed by atoms with Gasteiger partial charge in [0, 0.05) is 6.42 Å². The summed E-state index contributed by atoms with van der Waals surface area (Å²) in [6.07, 6.45) is 51.5. The third kappa shape index (κ3) is 36.1. The van der Waals surface area contributed by atoms with Crippen LogP contribution in [0.4, 0.5) is 0 Å². The molecular formula is C56H105NO8. The fourth-order valence-electron chi connectivity index (χ4n) is 8.82. The Morgan fingerprint density at radius 1 is 0.523 bits per heavy atom. The van der Waals surface area contributed by atoms with E-state index in [1.807, 2.05) is 0 Å². The van der Waals surface area contributed by atoms with E-state index >= 15 is 0 Å². The molecule has 0 bridgehead atoms. The second-order valence-electron chi connectivity index (χ2n) is 19.4. The van der Waals surface area contributed by atoms with Crippen LogP contribution in [-0.2, 0) is 14.3 Å². The normalized spacial score (nSPS) is 20.1. The first-order valence-electron chi connectivity index (χ1n) is 27.7. The molecular weight excluding hydrogens is 815 g/mol. The lowest BCUT2D eigenvalue weighted by atomic mass is 9.99. The maximum Gasteiger partial charge on any atom is 0.220 e. The number of hydrogen-bond donors (Lipinski definition) is 6. The summed E-state index contributed by atoms with van der Waals surface area (Å²) in [5.74, 6) is -0.150. The lowest BCUT2D eigenvalue weighted by Gasteiger charge is -2.40. The van der Waals surface area contributed by atoms with Gasteiger partial charge in [-0.05, 0) is 51.4 Å². The summed E-state index contributed by atoms with van der Waals surface area (Å²) in [6, 6.07) is -0.723. The van der Waals surface area contributed by atoms with E-state index in [-0.39, 0.29) is 12.5 Å². The van der Waals surface area contributed by atoms with Crippen LogP contribution < -0.4 is 5.32 Å². The van der Waals surface area contributed by atoms with E-state index < -0.39 is 49.5 Å². The van der Waals surface area contributed by atoms with Gasteiger partial charge in [-0.25, -0.2) is 0 Å². The molecule has 1 rings (SSSR count). The van der Waals surface area contributed by atoms with Crippen LogP contribution in [0.3, 0.4) is 0 Å². The monoisotopic (exact) mass is 920 g/mol. The van der Waals surface area contributed by atoms with Crippen LogP contribution in [0.15, 0.2) is 36.5 Å². The summed E-state index contributed by atoms with van der Waals surface area (Å²) >= 11 is 0. The van der Waals surface area contributed by atoms with Gasteiger partial charge < -0.3 is 40.3 Å². The van der Waals surface area contributed by atoms with Crippen LogP contribution in [0.5, 0.6) is 0 Å². The number of rotatable bonds is 47. The van der Waals surface area contributed by atoms with Crippen molar-refractivity contribution in [1.29, 1.82) is 0 Å². The van der Waals surface area contributed by atoms with Gasteiger partial charge in [0.15, 0.2) is 6.29 Å². The number of aliphatic hydroxyl groups is 5. The highest BCUT2D eigenvalue weighted by Crippen LogP contribution is 2.23. The molecule has 1 aliphatic heterocycles. The Labute approximate surface area is 400 Å². The van der Waals surface area contributed by atoms with Crippen LogP contribution >= 0.6 is 0 Å². The Kier molecular flexibility index (Phi) is 43.6. The van der Waals surface area contributed by atoms with Gasteiger partial charge >= 0.3 is 0 Å². The molecule has 0 aromatic rings. The van der Waals surface area contributed by atoms with E-state index in [9.17, 15) is 30.3 Å². The van der Waals surface area contributed by atoms with E-state index in [0.717, 1.165) is 57.8 Å². The van der Waals surface area contributed by atoms with Crippen LogP contribution in [0.2, 0.25) is 0 Å². The van der Waals surface area contributed by atoms with E-state index in [2.05, 4.69) is 55.6 Å². The summed E-state index contributed by atoms with van der Waals surface area (Å²) in [5.41, 5.74) is 0. The van der Waals surface area contributed by atoms with Crippen LogP contribution in [-0.4, -0.2) is 87.5 Å². The molecule has 9 nitrogen and oxygen atoms in total. The number of nitrogens with one attached hydrogen (secondary N) is 1. The summed E-state index contributed by atoms with van der Waals surface area (Å²) in [5, 5.41) is 54.6. The zero-order valence-electron chi connectivity index (χ0n) is 42.3. The third-order valence-electron chi connectivity index (χ3n) is 13.2. The Morgan fingerprint density at radius 3 is 1.34 bits per heavy atom. The van der Waals surface area contributed by atoms with E-state index in [1.165, 1.54) is 173 Å². The van der Waals surface area contributed by atoms with Crippen molar-refractivity contribution in [2.24, 2.45) is 0 Å². The average molecular weight is 920 g/mol. The Morgan fingerprint density at radius 2 is 0.908 bits per heavy atom. The first-order chi connectivity index (χ1) is 31.8. The van der Waals surface area contributed by atoms with Gasteiger partial charge in [-0.15, -0.1) is 0 Å². The minimum atomic E-state index is -1.56. The van der Waals surface area contributed by atoms with Crippen molar-refractivity contribution in [3.63, 3.8) is 0 Å². The molecule has 382 valence electrons. The fraction of sp³-hybridized carbons (Fsp3) is 0.875. The number of ether oxygens (including phenoxy) is 2. The van der Waals surface area contributed by atoms with Gasteiger partial charge in [-0.3, -0.25) is 4.79 Å². The Hall–Kier alpha value is -1.59. The minimum Gasteiger partial charge on any atom is -0.394 e. The molecule has 1 fully saturated rings. The summed E-state index contributed by atoms with van der Waals surface area (Å²) < 4.78 is 11.3. The minimum absolute atomic E-state index is 0.140. The number of carbonyl (C=O) groups is 1. The molecule has 7 unspecified atom stereocenters. The van der Waals surface area contributed by atoms with Crippen LogP contribution in [0.25, 0.3) is 0 Å². The highest BCUT2D eigenvalue weighted by molar-refractivity contribution is 5.76. The molecule has 65 heavy (non-hydrogen) atoms. The molecule has 0 radical (unpaired) electrons.